The van der Waals surface area contributed by atoms with E-state index in [1.165, 1.54) is 0 Å². The highest BCUT2D eigenvalue weighted by molar-refractivity contribution is 4.91. The van der Waals surface area contributed by atoms with Crippen LogP contribution < -0.4 is 11.5 Å². The maximum atomic E-state index is 6.14. The van der Waals surface area contributed by atoms with Crippen molar-refractivity contribution in [3.05, 3.63) is 0 Å². The molecule has 0 radical (unpaired) electrons. The van der Waals surface area contributed by atoms with Crippen molar-refractivity contribution >= 4 is 0 Å². The van der Waals surface area contributed by atoms with Crippen LogP contribution in [0.5, 0.6) is 0 Å². The molecule has 0 spiro atoms. The Balaban J connectivity index is 2.59. The topological polar surface area (TPSA) is 58.5 Å². The molecule has 1 heterocycles. The summed E-state index contributed by atoms with van der Waals surface area (Å²) in [5.41, 5.74) is 12.0. The van der Waals surface area contributed by atoms with Crippen LogP contribution in [-0.4, -0.2) is 59.1 Å². The van der Waals surface area contributed by atoms with Gasteiger partial charge in [-0.1, -0.05) is 0 Å². The van der Waals surface area contributed by atoms with Gasteiger partial charge < -0.3 is 11.5 Å². The molecule has 1 aliphatic rings. The minimum absolute atomic E-state index is 0.122. The third-order valence-corrected chi connectivity index (χ3v) is 3.47. The van der Waals surface area contributed by atoms with Crippen molar-refractivity contribution in [2.75, 3.05) is 26.2 Å². The summed E-state index contributed by atoms with van der Waals surface area (Å²) in [5.74, 6) is 0. The monoisotopic (exact) mass is 256 g/mol. The lowest BCUT2D eigenvalue weighted by Gasteiger charge is -2.47. The van der Waals surface area contributed by atoms with Crippen molar-refractivity contribution in [1.82, 2.24) is 9.80 Å². The molecule has 4 N–H and O–H groups in total. The zero-order chi connectivity index (χ0) is 14.1. The Morgan fingerprint density at radius 1 is 0.833 bits per heavy atom. The van der Waals surface area contributed by atoms with Crippen molar-refractivity contribution in [2.45, 2.75) is 64.7 Å². The summed E-state index contributed by atoms with van der Waals surface area (Å²) < 4.78 is 0. The highest BCUT2D eigenvalue weighted by Gasteiger charge is 2.32. The van der Waals surface area contributed by atoms with Crippen LogP contribution in [0.3, 0.4) is 0 Å². The molecule has 2 atom stereocenters. The van der Waals surface area contributed by atoms with Crippen LogP contribution in [0.2, 0.25) is 0 Å². The van der Waals surface area contributed by atoms with Crippen LogP contribution in [0.25, 0.3) is 0 Å². The third-order valence-electron chi connectivity index (χ3n) is 3.47. The lowest BCUT2D eigenvalue weighted by atomic mass is 9.99. The molecule has 4 heteroatoms. The zero-order valence-corrected chi connectivity index (χ0v) is 13.0. The highest BCUT2D eigenvalue weighted by atomic mass is 15.3. The van der Waals surface area contributed by atoms with Gasteiger partial charge in [-0.05, 0) is 41.5 Å². The molecule has 0 aromatic rings. The van der Waals surface area contributed by atoms with Crippen LogP contribution in [0, 0.1) is 0 Å². The zero-order valence-electron chi connectivity index (χ0n) is 13.0. The second-order valence-electron chi connectivity index (χ2n) is 7.53. The Kier molecular flexibility index (Phi) is 4.81. The number of hydrogen-bond donors (Lipinski definition) is 2. The first-order valence-corrected chi connectivity index (χ1v) is 7.04. The molecule has 1 rings (SSSR count). The van der Waals surface area contributed by atoms with Crippen LogP contribution >= 0.6 is 0 Å². The lowest BCUT2D eigenvalue weighted by Crippen LogP contribution is -2.62. The maximum absolute atomic E-state index is 6.14. The Morgan fingerprint density at radius 2 is 1.11 bits per heavy atom. The molecule has 0 amide bonds. The van der Waals surface area contributed by atoms with Gasteiger partial charge in [-0.25, -0.2) is 0 Å². The van der Waals surface area contributed by atoms with Gasteiger partial charge in [0.1, 0.15) is 0 Å². The summed E-state index contributed by atoms with van der Waals surface area (Å²) in [7, 11) is 0. The van der Waals surface area contributed by atoms with Crippen LogP contribution in [0.15, 0.2) is 0 Å². The van der Waals surface area contributed by atoms with E-state index in [9.17, 15) is 0 Å². The summed E-state index contributed by atoms with van der Waals surface area (Å²) in [5, 5.41) is 0. The van der Waals surface area contributed by atoms with E-state index in [0.717, 1.165) is 26.2 Å². The number of nitrogens with zero attached hydrogens (tertiary/aromatic N) is 2. The molecule has 0 aromatic carbocycles. The molecule has 108 valence electrons. The minimum atomic E-state index is -0.122. The van der Waals surface area contributed by atoms with E-state index in [0.29, 0.717) is 12.1 Å². The molecule has 1 fully saturated rings. The molecular weight excluding hydrogens is 224 g/mol. The molecule has 0 aliphatic carbocycles. The van der Waals surface area contributed by atoms with Gasteiger partial charge in [0.15, 0.2) is 0 Å². The van der Waals surface area contributed by atoms with E-state index in [4.69, 9.17) is 11.5 Å². The highest BCUT2D eigenvalue weighted by Crippen LogP contribution is 2.18. The summed E-state index contributed by atoms with van der Waals surface area (Å²) in [6, 6.07) is 1.10. The average molecular weight is 256 g/mol. The van der Waals surface area contributed by atoms with Gasteiger partial charge in [0.25, 0.3) is 0 Å². The van der Waals surface area contributed by atoms with Gasteiger partial charge in [0.2, 0.25) is 0 Å². The van der Waals surface area contributed by atoms with E-state index < -0.39 is 0 Å². The normalized spacial score (nSPS) is 28.7. The Labute approximate surface area is 113 Å². The third kappa shape index (κ3) is 5.22. The van der Waals surface area contributed by atoms with Crippen molar-refractivity contribution in [3.63, 3.8) is 0 Å². The van der Waals surface area contributed by atoms with Crippen molar-refractivity contribution in [3.8, 4) is 0 Å². The number of piperazine rings is 1. The van der Waals surface area contributed by atoms with Gasteiger partial charge in [0.05, 0.1) is 0 Å². The Morgan fingerprint density at radius 3 is 1.33 bits per heavy atom. The molecule has 1 saturated heterocycles. The predicted molar refractivity (Wildman–Crippen MR) is 78.6 cm³/mol. The summed E-state index contributed by atoms with van der Waals surface area (Å²) in [6.07, 6.45) is 0. The molecule has 1 aliphatic heterocycles. The van der Waals surface area contributed by atoms with Crippen LogP contribution in [-0.2, 0) is 0 Å². The Bertz CT molecular complexity index is 236. The standard InChI is InChI=1S/C14H32N4/c1-11-7-18(10-14(5,6)16)12(2)8-17(11)9-13(3,4)15/h11-12H,7-10,15-16H2,1-6H3. The van der Waals surface area contributed by atoms with Crippen molar-refractivity contribution < 1.29 is 0 Å². The second kappa shape index (κ2) is 5.45. The fraction of sp³-hybridized carbons (Fsp3) is 1.00. The molecule has 4 nitrogen and oxygen atoms in total. The number of hydrogen-bond acceptors (Lipinski definition) is 4. The maximum Gasteiger partial charge on any atom is 0.0226 e. The van der Waals surface area contributed by atoms with Crippen molar-refractivity contribution in [1.29, 1.82) is 0 Å². The van der Waals surface area contributed by atoms with E-state index in [-0.39, 0.29) is 11.1 Å². The predicted octanol–water partition coefficient (Wildman–Crippen LogP) is 0.856. The molecule has 18 heavy (non-hydrogen) atoms. The van der Waals surface area contributed by atoms with E-state index in [1.54, 1.807) is 0 Å². The number of nitrogens with two attached hydrogens (primary N) is 2. The summed E-state index contributed by atoms with van der Waals surface area (Å²) in [4.78, 5) is 5.01. The van der Waals surface area contributed by atoms with E-state index in [2.05, 4.69) is 51.3 Å². The summed E-state index contributed by atoms with van der Waals surface area (Å²) >= 11 is 0. The average Bonchev–Trinajstić information content (AvgIpc) is 2.08. The smallest absolute Gasteiger partial charge is 0.0226 e. The van der Waals surface area contributed by atoms with Crippen LogP contribution in [0.4, 0.5) is 0 Å². The van der Waals surface area contributed by atoms with Crippen molar-refractivity contribution in [2.24, 2.45) is 11.5 Å². The quantitative estimate of drug-likeness (QED) is 0.783. The molecule has 0 bridgehead atoms. The molecular formula is C14H32N4. The summed E-state index contributed by atoms with van der Waals surface area (Å²) in [6.45, 7) is 17.0. The van der Waals surface area contributed by atoms with Gasteiger partial charge in [-0.15, -0.1) is 0 Å². The van der Waals surface area contributed by atoms with Gasteiger partial charge >= 0.3 is 0 Å². The minimum Gasteiger partial charge on any atom is -0.324 e. The molecule has 2 unspecified atom stereocenters. The number of rotatable bonds is 4. The first kappa shape index (κ1) is 15.9. The fourth-order valence-electron chi connectivity index (χ4n) is 2.76. The lowest BCUT2D eigenvalue weighted by molar-refractivity contribution is 0.0231. The largest absolute Gasteiger partial charge is 0.324 e. The van der Waals surface area contributed by atoms with Gasteiger partial charge in [0, 0.05) is 49.3 Å². The first-order chi connectivity index (χ1) is 7.98. The van der Waals surface area contributed by atoms with Gasteiger partial charge in [-0.3, -0.25) is 9.80 Å². The van der Waals surface area contributed by atoms with E-state index in [1.807, 2.05) is 0 Å². The SMILES string of the molecule is CC1CN(CC(C)(C)N)C(C)CN1CC(C)(C)N. The molecule has 0 aromatic heterocycles. The Hall–Kier alpha value is -0.160. The van der Waals surface area contributed by atoms with E-state index >= 15 is 0 Å². The van der Waals surface area contributed by atoms with Gasteiger partial charge in [-0.2, -0.15) is 0 Å². The fourth-order valence-corrected chi connectivity index (χ4v) is 2.76. The molecule has 0 saturated carbocycles. The van der Waals surface area contributed by atoms with Crippen LogP contribution in [0.1, 0.15) is 41.5 Å². The first-order valence-electron chi connectivity index (χ1n) is 7.04. The second-order valence-corrected chi connectivity index (χ2v) is 7.53.